The molecule has 2 heterocycles. The maximum absolute atomic E-state index is 12.7. The number of benzene rings is 1. The quantitative estimate of drug-likeness (QED) is 0.750. The minimum atomic E-state index is -5.08. The average molecular weight is 441 g/mol. The minimum absolute atomic E-state index is 0.0507. The lowest BCUT2D eigenvalue weighted by molar-refractivity contribution is -0.192. The Labute approximate surface area is 178 Å². The summed E-state index contributed by atoms with van der Waals surface area (Å²) in [6.45, 7) is 4.77. The van der Waals surface area contributed by atoms with E-state index in [-0.39, 0.29) is 23.8 Å². The Morgan fingerprint density at radius 1 is 1.26 bits per heavy atom. The van der Waals surface area contributed by atoms with Crippen LogP contribution in [0, 0.1) is 11.3 Å². The molecule has 0 spiro atoms. The second-order valence-electron chi connectivity index (χ2n) is 8.24. The lowest BCUT2D eigenvalue weighted by Crippen LogP contribution is -2.62. The third kappa shape index (κ3) is 5.00. The van der Waals surface area contributed by atoms with E-state index in [1.165, 1.54) is 5.56 Å². The van der Waals surface area contributed by atoms with Crippen LogP contribution in [-0.2, 0) is 20.9 Å². The van der Waals surface area contributed by atoms with Gasteiger partial charge in [0, 0.05) is 13.1 Å². The van der Waals surface area contributed by atoms with Gasteiger partial charge in [-0.25, -0.2) is 9.80 Å². The van der Waals surface area contributed by atoms with Gasteiger partial charge in [0.2, 0.25) is 11.8 Å². The van der Waals surface area contributed by atoms with Crippen molar-refractivity contribution in [2.45, 2.75) is 51.4 Å². The maximum Gasteiger partial charge on any atom is 0.490 e. The summed E-state index contributed by atoms with van der Waals surface area (Å²) < 4.78 is 31.7. The van der Waals surface area contributed by atoms with Crippen LogP contribution in [0.15, 0.2) is 30.3 Å². The number of carboxylic acid groups (broad SMARTS) is 1. The largest absolute Gasteiger partial charge is 0.490 e. The number of rotatable bonds is 4. The fourth-order valence-electron chi connectivity index (χ4n) is 4.37. The van der Waals surface area contributed by atoms with Crippen molar-refractivity contribution in [2.75, 3.05) is 13.1 Å². The van der Waals surface area contributed by atoms with Crippen molar-refractivity contribution < 1.29 is 32.7 Å². The molecule has 2 saturated heterocycles. The Balaban J connectivity index is 0.000000339. The first-order valence-corrected chi connectivity index (χ1v) is 10.3. The normalized spacial score (nSPS) is 28.2. The first-order valence-electron chi connectivity index (χ1n) is 10.3. The molecule has 3 aliphatic rings. The highest BCUT2D eigenvalue weighted by Crippen LogP contribution is 2.58. The summed E-state index contributed by atoms with van der Waals surface area (Å²) in [6, 6.07) is 10.5. The van der Waals surface area contributed by atoms with Crippen LogP contribution in [0.3, 0.4) is 0 Å². The van der Waals surface area contributed by atoms with Crippen molar-refractivity contribution in [2.24, 2.45) is 11.3 Å². The number of fused-ring (bicyclic) bond motifs is 1. The van der Waals surface area contributed by atoms with Crippen LogP contribution in [0.2, 0.25) is 0 Å². The summed E-state index contributed by atoms with van der Waals surface area (Å²) in [4.78, 5) is 36.5. The molecule has 2 N–H and O–H groups in total. The van der Waals surface area contributed by atoms with Gasteiger partial charge in [-0.1, -0.05) is 37.3 Å². The number of alkyl halides is 3. The van der Waals surface area contributed by atoms with E-state index in [1.54, 1.807) is 5.01 Å². The molecule has 0 radical (unpaired) electrons. The fraction of sp³-hybridized carbons (Fsp3) is 0.571. The summed E-state index contributed by atoms with van der Waals surface area (Å²) in [5.74, 6) is -2.66. The smallest absolute Gasteiger partial charge is 0.475 e. The van der Waals surface area contributed by atoms with Gasteiger partial charge in [0.25, 0.3) is 0 Å². The predicted molar refractivity (Wildman–Crippen MR) is 104 cm³/mol. The minimum Gasteiger partial charge on any atom is -0.475 e. The number of carboxylic acids is 1. The van der Waals surface area contributed by atoms with E-state index in [9.17, 15) is 22.8 Å². The van der Waals surface area contributed by atoms with E-state index >= 15 is 0 Å². The van der Waals surface area contributed by atoms with Crippen LogP contribution in [-0.4, -0.2) is 58.1 Å². The molecular weight excluding hydrogens is 415 g/mol. The van der Waals surface area contributed by atoms with E-state index in [1.807, 2.05) is 13.0 Å². The van der Waals surface area contributed by atoms with E-state index in [4.69, 9.17) is 9.90 Å². The molecule has 1 aromatic carbocycles. The molecule has 1 unspecified atom stereocenters. The summed E-state index contributed by atoms with van der Waals surface area (Å²) in [5.41, 5.74) is 3.82. The van der Waals surface area contributed by atoms with Gasteiger partial charge in [0.05, 0.1) is 17.4 Å². The topological polar surface area (TPSA) is 90.0 Å². The first kappa shape index (κ1) is 23.1. The van der Waals surface area contributed by atoms with E-state index in [2.05, 4.69) is 34.6 Å². The molecule has 7 nitrogen and oxygen atoms in total. The first-order chi connectivity index (χ1) is 14.6. The summed E-state index contributed by atoms with van der Waals surface area (Å²) in [6.07, 6.45) is -1.58. The Kier molecular flexibility index (Phi) is 6.59. The van der Waals surface area contributed by atoms with Crippen LogP contribution >= 0.6 is 0 Å². The van der Waals surface area contributed by atoms with Gasteiger partial charge in [0.1, 0.15) is 0 Å². The van der Waals surface area contributed by atoms with Crippen molar-refractivity contribution in [1.29, 1.82) is 0 Å². The predicted octanol–water partition coefficient (Wildman–Crippen LogP) is 2.57. The number of carbonyl (C=O) groups is 3. The number of hydrazine groups is 1. The number of likely N-dealkylation sites (tertiary alicyclic amines) is 1. The Morgan fingerprint density at radius 3 is 2.48 bits per heavy atom. The number of aliphatic carboxylic acids is 1. The van der Waals surface area contributed by atoms with Crippen LogP contribution in [0.1, 0.15) is 38.2 Å². The van der Waals surface area contributed by atoms with Crippen molar-refractivity contribution in [3.05, 3.63) is 35.9 Å². The number of amides is 2. The summed E-state index contributed by atoms with van der Waals surface area (Å²) in [5, 5.41) is 8.78. The number of piperidine rings is 1. The molecule has 0 bridgehead atoms. The number of hydrogen-bond donors (Lipinski definition) is 2. The zero-order chi connectivity index (χ0) is 22.8. The molecule has 1 aromatic rings. The van der Waals surface area contributed by atoms with Crippen molar-refractivity contribution >= 4 is 17.8 Å². The molecule has 3 fully saturated rings. The number of halogens is 3. The maximum atomic E-state index is 12.7. The molecule has 3 atom stereocenters. The second kappa shape index (κ2) is 8.86. The number of hydrogen-bond acceptors (Lipinski definition) is 4. The molecule has 2 aliphatic heterocycles. The van der Waals surface area contributed by atoms with Gasteiger partial charge in [-0.3, -0.25) is 19.9 Å². The zero-order valence-electron chi connectivity index (χ0n) is 17.2. The zero-order valence-corrected chi connectivity index (χ0v) is 17.2. The highest BCUT2D eigenvalue weighted by molar-refractivity contribution is 6.00. The number of nitrogens with zero attached hydrogens (tertiary/aromatic N) is 2. The molecule has 0 aromatic heterocycles. The molecular formula is C21H26F3N3O4. The van der Waals surface area contributed by atoms with Crippen LogP contribution in [0.25, 0.3) is 0 Å². The van der Waals surface area contributed by atoms with Gasteiger partial charge in [0.15, 0.2) is 0 Å². The highest BCUT2D eigenvalue weighted by Gasteiger charge is 2.66. The van der Waals surface area contributed by atoms with E-state index in [0.29, 0.717) is 0 Å². The average Bonchev–Trinajstić information content (AvgIpc) is 3.49. The Hall–Kier alpha value is -2.62. The lowest BCUT2D eigenvalue weighted by Gasteiger charge is -2.41. The summed E-state index contributed by atoms with van der Waals surface area (Å²) in [7, 11) is 0. The molecule has 2 amide bonds. The van der Waals surface area contributed by atoms with Crippen LogP contribution < -0.4 is 5.43 Å². The van der Waals surface area contributed by atoms with Gasteiger partial charge < -0.3 is 5.11 Å². The van der Waals surface area contributed by atoms with Crippen molar-refractivity contribution in [3.8, 4) is 0 Å². The second-order valence-corrected chi connectivity index (χ2v) is 8.24. The van der Waals surface area contributed by atoms with E-state index in [0.717, 1.165) is 45.3 Å². The van der Waals surface area contributed by atoms with Gasteiger partial charge in [-0.2, -0.15) is 13.2 Å². The molecule has 10 heteroatoms. The molecule has 170 valence electrons. The van der Waals surface area contributed by atoms with Gasteiger partial charge in [-0.15, -0.1) is 0 Å². The number of carbonyl (C=O) groups excluding carboxylic acids is 2. The van der Waals surface area contributed by atoms with Gasteiger partial charge in [-0.05, 0) is 37.8 Å². The molecule has 1 saturated carbocycles. The third-order valence-electron chi connectivity index (χ3n) is 6.25. The van der Waals surface area contributed by atoms with E-state index < -0.39 is 17.6 Å². The van der Waals surface area contributed by atoms with Gasteiger partial charge >= 0.3 is 12.1 Å². The number of nitrogens with one attached hydrogen (secondary N) is 1. The SMILES string of the molecule is CC[C@]12C[C@H]1C(=O)N(C1CCCN(Cc3ccccc3)C1)NC2=O.O=C(O)C(F)(F)F. The Bertz CT molecular complexity index is 833. The lowest BCUT2D eigenvalue weighted by atomic mass is 9.96. The van der Waals surface area contributed by atoms with Crippen molar-refractivity contribution in [3.63, 3.8) is 0 Å². The molecule has 31 heavy (non-hydrogen) atoms. The highest BCUT2D eigenvalue weighted by atomic mass is 19.4. The standard InChI is InChI=1S/C19H25N3O2.C2HF3O2/c1-2-19-11-16(19)17(23)22(20-18(19)24)15-9-6-10-21(13-15)12-14-7-4-3-5-8-14;3-2(4,5)1(6)7/h3-5,7-8,15-16H,2,6,9-13H2,1H3,(H,20,24);(H,6,7)/t15?,16-,19-;/m0./s1. The molecule has 1 aliphatic carbocycles. The monoisotopic (exact) mass is 441 g/mol. The third-order valence-corrected chi connectivity index (χ3v) is 6.25. The fourth-order valence-corrected chi connectivity index (χ4v) is 4.37. The molecule has 4 rings (SSSR count). The van der Waals surface area contributed by atoms with Crippen molar-refractivity contribution in [1.82, 2.24) is 15.3 Å². The summed E-state index contributed by atoms with van der Waals surface area (Å²) >= 11 is 0. The van der Waals surface area contributed by atoms with Crippen LogP contribution in [0.5, 0.6) is 0 Å². The Morgan fingerprint density at radius 2 is 1.90 bits per heavy atom. The van der Waals surface area contributed by atoms with Crippen LogP contribution in [0.4, 0.5) is 13.2 Å².